The molecule has 0 aromatic rings. The molecule has 0 saturated heterocycles. The summed E-state index contributed by atoms with van der Waals surface area (Å²) in [6.45, 7) is 1.92. The first-order valence-electron chi connectivity index (χ1n) is 3.32. The lowest BCUT2D eigenvalue weighted by Crippen LogP contribution is -2.25. The fourth-order valence-corrected chi connectivity index (χ4v) is 1.05. The number of aliphatic hydroxyl groups is 1. The topological polar surface area (TPSA) is 20.2 Å². The van der Waals surface area contributed by atoms with Gasteiger partial charge in [0.15, 0.2) is 0 Å². The summed E-state index contributed by atoms with van der Waals surface area (Å²) in [4.78, 5) is 0. The average Bonchev–Trinajstić information content (AvgIpc) is 1.62. The van der Waals surface area contributed by atoms with Gasteiger partial charge in [-0.3, -0.25) is 0 Å². The number of hydrogen-bond acceptors (Lipinski definition) is 1. The molecule has 1 saturated carbocycles. The summed E-state index contributed by atoms with van der Waals surface area (Å²) < 4.78 is 0. The molecule has 0 aromatic carbocycles. The number of rotatable bonds is 2. The molecule has 47 valence electrons. The highest BCUT2D eigenvalue weighted by Gasteiger charge is 2.23. The number of aliphatic hydroxyl groups excluding tert-OH is 1. The third-order valence-corrected chi connectivity index (χ3v) is 1.97. The molecule has 0 aliphatic heterocycles. The molecule has 1 rings (SSSR count). The van der Waals surface area contributed by atoms with Crippen molar-refractivity contribution in [1.82, 2.24) is 0 Å². The molecule has 1 unspecified atom stereocenters. The summed E-state index contributed by atoms with van der Waals surface area (Å²) in [5, 5.41) is 9.12. The van der Waals surface area contributed by atoms with Gasteiger partial charge in [-0.2, -0.15) is 0 Å². The van der Waals surface area contributed by atoms with Gasteiger partial charge in [-0.1, -0.05) is 13.3 Å². The Morgan fingerprint density at radius 1 is 1.62 bits per heavy atom. The van der Waals surface area contributed by atoms with Crippen LogP contribution in [0.2, 0.25) is 0 Å². The van der Waals surface area contributed by atoms with E-state index in [0.717, 1.165) is 0 Å². The maximum absolute atomic E-state index is 9.12. The minimum atomic E-state index is -0.122. The van der Waals surface area contributed by atoms with Gasteiger partial charge < -0.3 is 5.11 Å². The summed E-state index contributed by atoms with van der Waals surface area (Å²) in [6, 6.07) is 0. The van der Waals surface area contributed by atoms with E-state index >= 15 is 0 Å². The Kier molecular flexibility index (Phi) is 1.90. The highest BCUT2D eigenvalue weighted by atomic mass is 16.3. The summed E-state index contributed by atoms with van der Waals surface area (Å²) in [6.07, 6.45) is 5.53. The van der Waals surface area contributed by atoms with Crippen LogP contribution in [-0.4, -0.2) is 11.2 Å². The first-order chi connectivity index (χ1) is 3.84. The lowest BCUT2D eigenvalue weighted by Gasteiger charge is -2.29. The number of hydrogen-bond donors (Lipinski definition) is 1. The van der Waals surface area contributed by atoms with Crippen molar-refractivity contribution in [3.05, 3.63) is 6.42 Å². The van der Waals surface area contributed by atoms with E-state index in [1.165, 1.54) is 19.3 Å². The van der Waals surface area contributed by atoms with Gasteiger partial charge in [0, 0.05) is 0 Å². The van der Waals surface area contributed by atoms with Crippen molar-refractivity contribution in [3.63, 3.8) is 0 Å². The van der Waals surface area contributed by atoms with Crippen LogP contribution in [0.4, 0.5) is 0 Å². The molecule has 8 heavy (non-hydrogen) atoms. The second-order valence-corrected chi connectivity index (χ2v) is 2.51. The smallest absolute Gasteiger partial charge is 0.0597 e. The molecule has 1 radical (unpaired) electrons. The van der Waals surface area contributed by atoms with Crippen molar-refractivity contribution < 1.29 is 5.11 Å². The Morgan fingerprint density at radius 2 is 2.25 bits per heavy atom. The van der Waals surface area contributed by atoms with Crippen LogP contribution in [0.25, 0.3) is 0 Å². The molecule has 1 atom stereocenters. The Bertz CT molecular complexity index is 64.0. The van der Waals surface area contributed by atoms with Crippen LogP contribution in [0, 0.1) is 12.3 Å². The molecular weight excluding hydrogens is 100 g/mol. The van der Waals surface area contributed by atoms with Gasteiger partial charge in [0.2, 0.25) is 0 Å². The average molecular weight is 113 g/mol. The zero-order valence-corrected chi connectivity index (χ0v) is 5.30. The Labute approximate surface area is 50.7 Å². The molecule has 1 fully saturated rings. The van der Waals surface area contributed by atoms with Crippen molar-refractivity contribution in [2.45, 2.75) is 32.3 Å². The maximum atomic E-state index is 9.12. The fourth-order valence-electron chi connectivity index (χ4n) is 1.05. The van der Waals surface area contributed by atoms with Crippen LogP contribution in [0.15, 0.2) is 0 Å². The third-order valence-electron chi connectivity index (χ3n) is 1.97. The first kappa shape index (κ1) is 6.09. The third kappa shape index (κ3) is 1.03. The van der Waals surface area contributed by atoms with E-state index in [0.29, 0.717) is 5.92 Å². The van der Waals surface area contributed by atoms with Crippen LogP contribution in [0.3, 0.4) is 0 Å². The monoisotopic (exact) mass is 113 g/mol. The van der Waals surface area contributed by atoms with Crippen LogP contribution < -0.4 is 0 Å². The summed E-state index contributed by atoms with van der Waals surface area (Å²) in [5.41, 5.74) is 0. The van der Waals surface area contributed by atoms with E-state index in [2.05, 4.69) is 0 Å². The highest BCUT2D eigenvalue weighted by molar-refractivity contribution is 4.83. The lowest BCUT2D eigenvalue weighted by atomic mass is 9.80. The molecule has 1 N–H and O–H groups in total. The van der Waals surface area contributed by atoms with Gasteiger partial charge in [0.25, 0.3) is 0 Å². The maximum Gasteiger partial charge on any atom is 0.0597 e. The zero-order chi connectivity index (χ0) is 5.98. The van der Waals surface area contributed by atoms with Crippen LogP contribution >= 0.6 is 0 Å². The minimum Gasteiger partial charge on any atom is -0.393 e. The standard InChI is InChI=1S/C7H13O/c1-2-7(8)6-4-3-5-6/h2,6-8H,3-5H2,1H3. The predicted molar refractivity (Wildman–Crippen MR) is 33.3 cm³/mol. The second kappa shape index (κ2) is 2.49. The highest BCUT2D eigenvalue weighted by Crippen LogP contribution is 2.30. The Balaban J connectivity index is 2.13. The van der Waals surface area contributed by atoms with Crippen molar-refractivity contribution in [2.24, 2.45) is 5.92 Å². The summed E-state index contributed by atoms with van der Waals surface area (Å²) in [5.74, 6) is 0.597. The molecule has 0 amide bonds. The van der Waals surface area contributed by atoms with E-state index in [1.807, 2.05) is 13.3 Å². The van der Waals surface area contributed by atoms with Crippen LogP contribution in [-0.2, 0) is 0 Å². The van der Waals surface area contributed by atoms with E-state index in [1.54, 1.807) is 0 Å². The van der Waals surface area contributed by atoms with Crippen LogP contribution in [0.1, 0.15) is 26.2 Å². The molecule has 0 spiro atoms. The van der Waals surface area contributed by atoms with Crippen molar-refractivity contribution >= 4 is 0 Å². The first-order valence-corrected chi connectivity index (χ1v) is 3.32. The van der Waals surface area contributed by atoms with Gasteiger partial charge in [-0.05, 0) is 25.2 Å². The lowest BCUT2D eigenvalue weighted by molar-refractivity contribution is 0.0884. The van der Waals surface area contributed by atoms with Gasteiger partial charge in [0.05, 0.1) is 6.10 Å². The molecule has 1 nitrogen and oxygen atoms in total. The van der Waals surface area contributed by atoms with Gasteiger partial charge in [0.1, 0.15) is 0 Å². The van der Waals surface area contributed by atoms with Gasteiger partial charge in [-0.25, -0.2) is 0 Å². The zero-order valence-electron chi connectivity index (χ0n) is 5.30. The quantitative estimate of drug-likeness (QED) is 0.573. The largest absolute Gasteiger partial charge is 0.393 e. The van der Waals surface area contributed by atoms with Gasteiger partial charge >= 0.3 is 0 Å². The van der Waals surface area contributed by atoms with E-state index in [-0.39, 0.29) is 6.10 Å². The molecule has 1 aliphatic rings. The Hall–Kier alpha value is -0.0400. The molecular formula is C7H13O. The molecule has 1 aliphatic carbocycles. The molecule has 0 aromatic heterocycles. The minimum absolute atomic E-state index is 0.122. The fraction of sp³-hybridized carbons (Fsp3) is 0.857. The summed E-state index contributed by atoms with van der Waals surface area (Å²) in [7, 11) is 0. The van der Waals surface area contributed by atoms with Crippen LogP contribution in [0.5, 0.6) is 0 Å². The molecule has 1 heteroatoms. The summed E-state index contributed by atoms with van der Waals surface area (Å²) >= 11 is 0. The van der Waals surface area contributed by atoms with E-state index in [4.69, 9.17) is 5.11 Å². The SMILES string of the molecule is C[CH]C(O)C1CCC1. The predicted octanol–water partition coefficient (Wildman–Crippen LogP) is 1.37. The Morgan fingerprint density at radius 3 is 2.38 bits per heavy atom. The normalized spacial score (nSPS) is 24.8. The van der Waals surface area contributed by atoms with Gasteiger partial charge in [-0.15, -0.1) is 0 Å². The second-order valence-electron chi connectivity index (χ2n) is 2.51. The van der Waals surface area contributed by atoms with Crippen molar-refractivity contribution in [2.75, 3.05) is 0 Å². The van der Waals surface area contributed by atoms with E-state index < -0.39 is 0 Å². The van der Waals surface area contributed by atoms with E-state index in [9.17, 15) is 0 Å². The molecule has 0 heterocycles. The molecule has 0 bridgehead atoms. The van der Waals surface area contributed by atoms with Crippen molar-refractivity contribution in [3.8, 4) is 0 Å². The van der Waals surface area contributed by atoms with Crippen molar-refractivity contribution in [1.29, 1.82) is 0 Å².